The molecule has 0 aliphatic rings. The van der Waals surface area contributed by atoms with E-state index >= 15 is 0 Å². The van der Waals surface area contributed by atoms with Gasteiger partial charge in [-0.1, -0.05) is 19.1 Å². The van der Waals surface area contributed by atoms with Gasteiger partial charge in [-0.2, -0.15) is 0 Å². The Hall–Kier alpha value is -3.09. The molecule has 27 heavy (non-hydrogen) atoms. The van der Waals surface area contributed by atoms with Crippen molar-refractivity contribution in [2.75, 3.05) is 19.0 Å². The van der Waals surface area contributed by atoms with E-state index in [0.29, 0.717) is 17.3 Å². The molecule has 0 bridgehead atoms. The minimum atomic E-state index is -0.634. The molecule has 7 heteroatoms. The number of benzene rings is 1. The number of ether oxygens (including phenoxy) is 2. The monoisotopic (exact) mass is 371 g/mol. The Morgan fingerprint density at radius 3 is 2.59 bits per heavy atom. The van der Waals surface area contributed by atoms with Crippen LogP contribution in [0.3, 0.4) is 0 Å². The van der Waals surface area contributed by atoms with Crippen molar-refractivity contribution >= 4 is 23.4 Å². The van der Waals surface area contributed by atoms with Crippen LogP contribution in [0.2, 0.25) is 0 Å². The van der Waals surface area contributed by atoms with Crippen LogP contribution in [-0.2, 0) is 9.53 Å². The largest absolute Gasteiger partial charge is 0.495 e. The smallest absolute Gasteiger partial charge is 0.342 e. The zero-order valence-electron chi connectivity index (χ0n) is 16.0. The SMILES string of the molecule is CCC(C)(C)NC(=O)COC(=O)c1cccnc1Nc1ccccc1OC. The highest BCUT2D eigenvalue weighted by molar-refractivity contribution is 5.96. The van der Waals surface area contributed by atoms with Crippen LogP contribution in [0.1, 0.15) is 37.6 Å². The summed E-state index contributed by atoms with van der Waals surface area (Å²) in [6.45, 7) is 5.43. The molecule has 1 heterocycles. The Morgan fingerprint density at radius 2 is 1.89 bits per heavy atom. The van der Waals surface area contributed by atoms with Gasteiger partial charge in [0, 0.05) is 11.7 Å². The first-order valence-corrected chi connectivity index (χ1v) is 8.69. The summed E-state index contributed by atoms with van der Waals surface area (Å²) in [5.74, 6) is -0.0479. The number of para-hydroxylation sites is 2. The Bertz CT molecular complexity index is 805. The first-order valence-electron chi connectivity index (χ1n) is 8.69. The molecule has 0 fully saturated rings. The number of methoxy groups -OCH3 is 1. The number of aromatic nitrogens is 1. The third kappa shape index (κ3) is 5.70. The maximum absolute atomic E-state index is 12.4. The number of nitrogens with zero attached hydrogens (tertiary/aromatic N) is 1. The Kier molecular flexibility index (Phi) is 6.76. The molecule has 0 saturated heterocycles. The number of pyridine rings is 1. The minimum Gasteiger partial charge on any atom is -0.495 e. The van der Waals surface area contributed by atoms with Crippen molar-refractivity contribution in [2.24, 2.45) is 0 Å². The van der Waals surface area contributed by atoms with Gasteiger partial charge < -0.3 is 20.1 Å². The number of carbonyl (C=O) groups is 2. The van der Waals surface area contributed by atoms with Gasteiger partial charge in [-0.25, -0.2) is 9.78 Å². The van der Waals surface area contributed by atoms with E-state index in [0.717, 1.165) is 6.42 Å². The summed E-state index contributed by atoms with van der Waals surface area (Å²) in [6, 6.07) is 10.5. The van der Waals surface area contributed by atoms with Gasteiger partial charge in [0.05, 0.1) is 12.8 Å². The summed E-state index contributed by atoms with van der Waals surface area (Å²) in [6.07, 6.45) is 2.33. The van der Waals surface area contributed by atoms with Crippen LogP contribution >= 0.6 is 0 Å². The zero-order valence-corrected chi connectivity index (χ0v) is 16.0. The fraction of sp³-hybridized carbons (Fsp3) is 0.350. The van der Waals surface area contributed by atoms with Gasteiger partial charge in [-0.3, -0.25) is 4.79 Å². The van der Waals surface area contributed by atoms with Gasteiger partial charge in [0.25, 0.3) is 5.91 Å². The van der Waals surface area contributed by atoms with Gasteiger partial charge in [-0.05, 0) is 44.5 Å². The maximum Gasteiger partial charge on any atom is 0.342 e. The van der Waals surface area contributed by atoms with Crippen molar-refractivity contribution in [3.63, 3.8) is 0 Å². The van der Waals surface area contributed by atoms with Crippen LogP contribution in [-0.4, -0.2) is 36.1 Å². The number of rotatable bonds is 8. The average molecular weight is 371 g/mol. The number of anilines is 2. The third-order valence-electron chi connectivity index (χ3n) is 4.08. The van der Waals surface area contributed by atoms with Crippen molar-refractivity contribution in [3.05, 3.63) is 48.2 Å². The molecule has 144 valence electrons. The predicted octanol–water partition coefficient (Wildman–Crippen LogP) is 3.30. The molecule has 0 atom stereocenters. The second-order valence-electron chi connectivity index (χ2n) is 6.59. The van der Waals surface area contributed by atoms with Crippen LogP contribution in [0, 0.1) is 0 Å². The number of amides is 1. The van der Waals surface area contributed by atoms with E-state index in [9.17, 15) is 9.59 Å². The molecule has 1 amide bonds. The van der Waals surface area contributed by atoms with E-state index in [1.54, 1.807) is 31.5 Å². The minimum absolute atomic E-state index is 0.228. The highest BCUT2D eigenvalue weighted by Crippen LogP contribution is 2.27. The van der Waals surface area contributed by atoms with Gasteiger partial charge >= 0.3 is 5.97 Å². The molecule has 2 aromatic rings. The summed E-state index contributed by atoms with van der Waals surface area (Å²) in [5.41, 5.74) is 0.537. The number of hydrogen-bond acceptors (Lipinski definition) is 6. The molecule has 0 saturated carbocycles. The molecule has 2 N–H and O–H groups in total. The van der Waals surface area contributed by atoms with Crippen molar-refractivity contribution < 1.29 is 19.1 Å². The number of carbonyl (C=O) groups excluding carboxylic acids is 2. The molecule has 1 aromatic carbocycles. The predicted molar refractivity (Wildman–Crippen MR) is 103 cm³/mol. The van der Waals surface area contributed by atoms with Crippen molar-refractivity contribution in [3.8, 4) is 5.75 Å². The van der Waals surface area contributed by atoms with Crippen LogP contribution in [0.25, 0.3) is 0 Å². The van der Waals surface area contributed by atoms with Crippen LogP contribution in [0.5, 0.6) is 5.75 Å². The molecule has 1 aromatic heterocycles. The first kappa shape index (κ1) is 20.2. The van der Waals surface area contributed by atoms with Gasteiger partial charge in [0.2, 0.25) is 0 Å². The van der Waals surface area contributed by atoms with Crippen molar-refractivity contribution in [1.29, 1.82) is 0 Å². The molecular formula is C20H25N3O4. The van der Waals surface area contributed by atoms with Crippen LogP contribution in [0.4, 0.5) is 11.5 Å². The highest BCUT2D eigenvalue weighted by atomic mass is 16.5. The first-order chi connectivity index (χ1) is 12.9. The molecule has 0 radical (unpaired) electrons. The summed E-state index contributed by atoms with van der Waals surface area (Å²) < 4.78 is 10.4. The zero-order chi connectivity index (χ0) is 19.9. The third-order valence-corrected chi connectivity index (χ3v) is 4.08. The Balaban J connectivity index is 2.08. The van der Waals surface area contributed by atoms with Gasteiger partial charge in [0.15, 0.2) is 6.61 Å². The normalized spacial score (nSPS) is 10.8. The average Bonchev–Trinajstić information content (AvgIpc) is 2.66. The maximum atomic E-state index is 12.4. The topological polar surface area (TPSA) is 89.5 Å². The molecule has 0 unspecified atom stereocenters. The summed E-state index contributed by atoms with van der Waals surface area (Å²) in [5, 5.41) is 5.89. The van der Waals surface area contributed by atoms with E-state index in [-0.39, 0.29) is 23.6 Å². The lowest BCUT2D eigenvalue weighted by Gasteiger charge is -2.24. The van der Waals surface area contributed by atoms with Gasteiger partial charge in [0.1, 0.15) is 17.1 Å². The summed E-state index contributed by atoms with van der Waals surface area (Å²) in [7, 11) is 1.56. The standard InChI is InChI=1S/C20H25N3O4/c1-5-20(2,3)23-17(24)13-27-19(25)14-9-8-12-21-18(14)22-15-10-6-7-11-16(15)26-4/h6-12H,5,13H2,1-4H3,(H,21,22)(H,23,24). The van der Waals surface area contributed by atoms with Crippen LogP contribution in [0.15, 0.2) is 42.6 Å². The molecule has 0 aliphatic carbocycles. The summed E-state index contributed by atoms with van der Waals surface area (Å²) >= 11 is 0. The summed E-state index contributed by atoms with van der Waals surface area (Å²) in [4.78, 5) is 28.6. The fourth-order valence-electron chi connectivity index (χ4n) is 2.26. The van der Waals surface area contributed by atoms with Crippen LogP contribution < -0.4 is 15.4 Å². The molecule has 7 nitrogen and oxygen atoms in total. The Morgan fingerprint density at radius 1 is 1.15 bits per heavy atom. The van der Waals surface area contributed by atoms with Crippen molar-refractivity contribution in [1.82, 2.24) is 10.3 Å². The molecule has 0 spiro atoms. The quantitative estimate of drug-likeness (QED) is 0.692. The lowest BCUT2D eigenvalue weighted by atomic mass is 10.0. The lowest BCUT2D eigenvalue weighted by Crippen LogP contribution is -2.44. The van der Waals surface area contributed by atoms with E-state index in [1.807, 2.05) is 39.0 Å². The van der Waals surface area contributed by atoms with E-state index in [4.69, 9.17) is 9.47 Å². The van der Waals surface area contributed by atoms with Crippen molar-refractivity contribution in [2.45, 2.75) is 32.7 Å². The highest BCUT2D eigenvalue weighted by Gasteiger charge is 2.20. The molecular weight excluding hydrogens is 346 g/mol. The second-order valence-corrected chi connectivity index (χ2v) is 6.59. The van der Waals surface area contributed by atoms with E-state index in [2.05, 4.69) is 15.6 Å². The van der Waals surface area contributed by atoms with Gasteiger partial charge in [-0.15, -0.1) is 0 Å². The lowest BCUT2D eigenvalue weighted by molar-refractivity contribution is -0.125. The number of hydrogen-bond donors (Lipinski definition) is 2. The number of esters is 1. The second kappa shape index (κ2) is 9.02. The van der Waals surface area contributed by atoms with E-state index < -0.39 is 5.97 Å². The molecule has 0 aliphatic heterocycles. The number of nitrogens with one attached hydrogen (secondary N) is 2. The Labute approximate surface area is 159 Å². The fourth-order valence-corrected chi connectivity index (χ4v) is 2.26. The van der Waals surface area contributed by atoms with E-state index in [1.165, 1.54) is 0 Å². The molecule has 2 rings (SSSR count).